The van der Waals surface area contributed by atoms with Gasteiger partial charge in [0.05, 0.1) is 18.8 Å². The molecule has 1 atom stereocenters. The second-order valence-corrected chi connectivity index (χ2v) is 3.06. The fourth-order valence-electron chi connectivity index (χ4n) is 1.33. The molecule has 6 heteroatoms. The monoisotopic (exact) mass is 217 g/mol. The third-order valence-corrected chi connectivity index (χ3v) is 2.10. The smallest absolute Gasteiger partial charge is 0.237 e. The zero-order valence-electron chi connectivity index (χ0n) is 8.74. The van der Waals surface area contributed by atoms with Gasteiger partial charge in [-0.2, -0.15) is 0 Å². The molecule has 2 heterocycles. The molecule has 16 heavy (non-hydrogen) atoms. The van der Waals surface area contributed by atoms with E-state index in [1.54, 1.807) is 24.7 Å². The third kappa shape index (κ3) is 1.96. The van der Waals surface area contributed by atoms with Gasteiger partial charge in [0.1, 0.15) is 12.0 Å². The molecule has 0 aliphatic carbocycles. The topological polar surface area (TPSA) is 86.8 Å². The molecule has 0 amide bonds. The van der Waals surface area contributed by atoms with E-state index in [1.165, 1.54) is 13.4 Å². The molecule has 2 aromatic heterocycles. The zero-order valence-corrected chi connectivity index (χ0v) is 8.74. The number of nitrogens with zero attached hydrogens (tertiary/aromatic N) is 4. The number of hydrogen-bond donors (Lipinski definition) is 1. The molecule has 0 saturated carbocycles. The van der Waals surface area contributed by atoms with Crippen LogP contribution in [0, 0.1) is 0 Å². The molecule has 0 aromatic carbocycles. The van der Waals surface area contributed by atoms with Crippen LogP contribution in [0.1, 0.15) is 17.4 Å². The summed E-state index contributed by atoms with van der Waals surface area (Å²) in [7, 11) is 1.53. The number of nitrogens with two attached hydrogens (primary N) is 1. The van der Waals surface area contributed by atoms with Crippen LogP contribution in [-0.2, 0) is 0 Å². The van der Waals surface area contributed by atoms with Gasteiger partial charge in [0.2, 0.25) is 5.88 Å². The Balaban J connectivity index is 2.37. The molecule has 6 nitrogen and oxygen atoms in total. The van der Waals surface area contributed by atoms with Crippen LogP contribution in [0.25, 0.3) is 0 Å². The van der Waals surface area contributed by atoms with E-state index in [-0.39, 0.29) is 0 Å². The van der Waals surface area contributed by atoms with Crippen molar-refractivity contribution in [2.75, 3.05) is 7.11 Å². The summed E-state index contributed by atoms with van der Waals surface area (Å²) in [5, 5.41) is 0. The Labute approximate surface area is 92.6 Å². The predicted octanol–water partition coefficient (Wildman–Crippen LogP) is 0.323. The molecule has 0 radical (unpaired) electrons. The highest BCUT2D eigenvalue weighted by molar-refractivity contribution is 5.27. The van der Waals surface area contributed by atoms with E-state index in [0.717, 1.165) is 0 Å². The van der Waals surface area contributed by atoms with E-state index in [4.69, 9.17) is 10.5 Å². The Morgan fingerprint density at radius 1 is 1.19 bits per heavy atom. The Kier molecular flexibility index (Phi) is 3.02. The fourth-order valence-corrected chi connectivity index (χ4v) is 1.33. The van der Waals surface area contributed by atoms with Crippen LogP contribution in [0.15, 0.2) is 31.0 Å². The van der Waals surface area contributed by atoms with Crippen LogP contribution in [0.4, 0.5) is 0 Å². The molecular formula is C10H11N5O. The molecule has 1 unspecified atom stereocenters. The van der Waals surface area contributed by atoms with Gasteiger partial charge < -0.3 is 10.5 Å². The van der Waals surface area contributed by atoms with E-state index in [2.05, 4.69) is 19.9 Å². The van der Waals surface area contributed by atoms with Crippen molar-refractivity contribution in [3.63, 3.8) is 0 Å². The van der Waals surface area contributed by atoms with Crippen LogP contribution in [0.5, 0.6) is 5.88 Å². The summed E-state index contributed by atoms with van der Waals surface area (Å²) in [4.78, 5) is 16.1. The van der Waals surface area contributed by atoms with E-state index in [1.807, 2.05) is 0 Å². The van der Waals surface area contributed by atoms with Gasteiger partial charge >= 0.3 is 0 Å². The minimum atomic E-state index is -0.466. The fraction of sp³-hybridized carbons (Fsp3) is 0.200. The quantitative estimate of drug-likeness (QED) is 0.796. The van der Waals surface area contributed by atoms with Gasteiger partial charge in [0, 0.05) is 18.6 Å². The first-order valence-electron chi connectivity index (χ1n) is 4.69. The van der Waals surface area contributed by atoms with Gasteiger partial charge in [-0.05, 0) is 6.07 Å². The molecule has 2 N–H and O–H groups in total. The lowest BCUT2D eigenvalue weighted by Crippen LogP contribution is -2.16. The Morgan fingerprint density at radius 3 is 2.69 bits per heavy atom. The summed E-state index contributed by atoms with van der Waals surface area (Å²) in [5.74, 6) is 0.411. The van der Waals surface area contributed by atoms with Crippen molar-refractivity contribution >= 4 is 0 Å². The summed E-state index contributed by atoms with van der Waals surface area (Å²) in [5.41, 5.74) is 7.25. The van der Waals surface area contributed by atoms with E-state index >= 15 is 0 Å². The minimum Gasteiger partial charge on any atom is -0.480 e. The maximum atomic E-state index is 6.02. The number of aromatic nitrogens is 4. The SMILES string of the molecule is COc1nccnc1C(N)c1ccncn1. The average Bonchev–Trinajstić information content (AvgIpc) is 2.39. The number of methoxy groups -OCH3 is 1. The number of hydrogen-bond acceptors (Lipinski definition) is 6. The van der Waals surface area contributed by atoms with Crippen LogP contribution in [-0.4, -0.2) is 27.0 Å². The molecular weight excluding hydrogens is 206 g/mol. The first-order valence-corrected chi connectivity index (χ1v) is 4.69. The highest BCUT2D eigenvalue weighted by atomic mass is 16.5. The molecule has 0 aliphatic rings. The lowest BCUT2D eigenvalue weighted by atomic mass is 10.1. The summed E-state index contributed by atoms with van der Waals surface area (Å²) in [6.45, 7) is 0. The third-order valence-electron chi connectivity index (χ3n) is 2.10. The van der Waals surface area contributed by atoms with Crippen LogP contribution in [0.3, 0.4) is 0 Å². The molecule has 0 bridgehead atoms. The van der Waals surface area contributed by atoms with Gasteiger partial charge in [0.25, 0.3) is 0 Å². The zero-order chi connectivity index (χ0) is 11.4. The second-order valence-electron chi connectivity index (χ2n) is 3.06. The maximum Gasteiger partial charge on any atom is 0.237 e. The Hall–Kier alpha value is -2.08. The standard InChI is InChI=1S/C10H11N5O/c1-16-10-9(13-4-5-14-10)8(11)7-2-3-12-6-15-7/h2-6,8H,11H2,1H3. The van der Waals surface area contributed by atoms with Gasteiger partial charge in [0.15, 0.2) is 0 Å². The van der Waals surface area contributed by atoms with Gasteiger partial charge in [-0.25, -0.2) is 15.0 Å². The van der Waals surface area contributed by atoms with E-state index < -0.39 is 6.04 Å². The Morgan fingerprint density at radius 2 is 2.00 bits per heavy atom. The van der Waals surface area contributed by atoms with Crippen molar-refractivity contribution < 1.29 is 4.74 Å². The first kappa shape index (κ1) is 10.4. The molecule has 0 aliphatic heterocycles. The van der Waals surface area contributed by atoms with Crippen LogP contribution in [0.2, 0.25) is 0 Å². The van der Waals surface area contributed by atoms with Gasteiger partial charge in [-0.3, -0.25) is 4.98 Å². The van der Waals surface area contributed by atoms with E-state index in [9.17, 15) is 0 Å². The molecule has 0 saturated heterocycles. The summed E-state index contributed by atoms with van der Waals surface area (Å²) >= 11 is 0. The van der Waals surface area contributed by atoms with Gasteiger partial charge in [-0.1, -0.05) is 0 Å². The first-order chi connectivity index (χ1) is 7.83. The molecule has 2 aromatic rings. The van der Waals surface area contributed by atoms with Crippen molar-refractivity contribution in [2.45, 2.75) is 6.04 Å². The van der Waals surface area contributed by atoms with Crippen LogP contribution >= 0.6 is 0 Å². The molecule has 2 rings (SSSR count). The number of rotatable bonds is 3. The molecule has 0 spiro atoms. The van der Waals surface area contributed by atoms with Crippen molar-refractivity contribution in [1.82, 2.24) is 19.9 Å². The largest absolute Gasteiger partial charge is 0.480 e. The molecule has 82 valence electrons. The lowest BCUT2D eigenvalue weighted by Gasteiger charge is -2.12. The van der Waals surface area contributed by atoms with Crippen molar-refractivity contribution in [2.24, 2.45) is 5.73 Å². The highest BCUT2D eigenvalue weighted by Crippen LogP contribution is 2.21. The van der Waals surface area contributed by atoms with Crippen molar-refractivity contribution in [1.29, 1.82) is 0 Å². The minimum absolute atomic E-state index is 0.411. The maximum absolute atomic E-state index is 6.02. The highest BCUT2D eigenvalue weighted by Gasteiger charge is 2.17. The van der Waals surface area contributed by atoms with Crippen LogP contribution < -0.4 is 10.5 Å². The summed E-state index contributed by atoms with van der Waals surface area (Å²) in [6.07, 6.45) is 6.19. The molecule has 0 fully saturated rings. The second kappa shape index (κ2) is 4.63. The number of ether oxygens (including phenoxy) is 1. The van der Waals surface area contributed by atoms with Crippen molar-refractivity contribution in [3.8, 4) is 5.88 Å². The normalized spacial score (nSPS) is 12.1. The lowest BCUT2D eigenvalue weighted by molar-refractivity contribution is 0.386. The average molecular weight is 217 g/mol. The van der Waals surface area contributed by atoms with Gasteiger partial charge in [-0.15, -0.1) is 0 Å². The predicted molar refractivity (Wildman–Crippen MR) is 56.6 cm³/mol. The van der Waals surface area contributed by atoms with Crippen molar-refractivity contribution in [3.05, 3.63) is 42.4 Å². The summed E-state index contributed by atoms with van der Waals surface area (Å²) < 4.78 is 5.09. The Bertz CT molecular complexity index is 462. The summed E-state index contributed by atoms with van der Waals surface area (Å²) in [6, 6.07) is 1.27. The van der Waals surface area contributed by atoms with E-state index in [0.29, 0.717) is 17.3 Å².